The molecular formula is C13H16BrNS2. The Morgan fingerprint density at radius 2 is 2.06 bits per heavy atom. The van der Waals surface area contributed by atoms with Crippen molar-refractivity contribution in [1.29, 1.82) is 0 Å². The fraction of sp³-hybridized carbons (Fsp3) is 0.385. The topological polar surface area (TPSA) is 12.0 Å². The van der Waals surface area contributed by atoms with Gasteiger partial charge in [0, 0.05) is 27.2 Å². The van der Waals surface area contributed by atoms with Crippen molar-refractivity contribution in [3.63, 3.8) is 0 Å². The minimum atomic E-state index is 0.456. The van der Waals surface area contributed by atoms with Gasteiger partial charge >= 0.3 is 0 Å². The van der Waals surface area contributed by atoms with Crippen LogP contribution in [0.25, 0.3) is 0 Å². The molecule has 0 aliphatic heterocycles. The van der Waals surface area contributed by atoms with Crippen LogP contribution in [-0.4, -0.2) is 6.54 Å². The average molecular weight is 330 g/mol. The highest BCUT2D eigenvalue weighted by molar-refractivity contribution is 9.11. The zero-order chi connectivity index (χ0) is 12.3. The van der Waals surface area contributed by atoms with Crippen molar-refractivity contribution in [2.24, 2.45) is 0 Å². The average Bonchev–Trinajstić information content (AvgIpc) is 2.88. The zero-order valence-corrected chi connectivity index (χ0v) is 13.2. The van der Waals surface area contributed by atoms with Gasteiger partial charge in [-0.05, 0) is 60.5 Å². The summed E-state index contributed by atoms with van der Waals surface area (Å²) in [5, 5.41) is 3.57. The highest BCUT2D eigenvalue weighted by Crippen LogP contribution is 2.24. The Hall–Kier alpha value is -0.160. The lowest BCUT2D eigenvalue weighted by Crippen LogP contribution is -2.20. The van der Waals surface area contributed by atoms with E-state index in [2.05, 4.69) is 59.4 Å². The van der Waals surface area contributed by atoms with Crippen molar-refractivity contribution in [2.45, 2.75) is 26.3 Å². The standard InChI is InChI=1S/C13H16BrNS2/c1-9-3-5-12(16-9)10(2)15-8-7-11-4-6-13(14)17-11/h3-6,10,15H,7-8H2,1-2H3. The number of rotatable bonds is 5. The minimum absolute atomic E-state index is 0.456. The molecule has 0 amide bonds. The molecule has 2 aromatic heterocycles. The predicted molar refractivity (Wildman–Crippen MR) is 81.2 cm³/mol. The summed E-state index contributed by atoms with van der Waals surface area (Å²) >= 11 is 7.19. The highest BCUT2D eigenvalue weighted by atomic mass is 79.9. The summed E-state index contributed by atoms with van der Waals surface area (Å²) in [6.45, 7) is 5.42. The van der Waals surface area contributed by atoms with Crippen LogP contribution in [0.5, 0.6) is 0 Å². The van der Waals surface area contributed by atoms with Gasteiger partial charge in [0.15, 0.2) is 0 Å². The first-order valence-electron chi connectivity index (χ1n) is 5.69. The fourth-order valence-corrected chi connectivity index (χ4v) is 4.07. The third kappa shape index (κ3) is 3.91. The Labute approximate surface area is 119 Å². The molecule has 1 nitrogen and oxygen atoms in total. The highest BCUT2D eigenvalue weighted by Gasteiger charge is 2.06. The Morgan fingerprint density at radius 3 is 2.65 bits per heavy atom. The third-order valence-electron chi connectivity index (χ3n) is 2.64. The maximum Gasteiger partial charge on any atom is 0.0701 e. The van der Waals surface area contributed by atoms with E-state index < -0.39 is 0 Å². The smallest absolute Gasteiger partial charge is 0.0701 e. The van der Waals surface area contributed by atoms with Gasteiger partial charge in [-0.15, -0.1) is 22.7 Å². The van der Waals surface area contributed by atoms with Gasteiger partial charge in [0.2, 0.25) is 0 Å². The molecule has 0 bridgehead atoms. The normalized spacial score (nSPS) is 12.9. The Morgan fingerprint density at radius 1 is 1.24 bits per heavy atom. The second kappa shape index (κ2) is 6.14. The van der Waals surface area contributed by atoms with E-state index in [9.17, 15) is 0 Å². The molecule has 0 saturated carbocycles. The van der Waals surface area contributed by atoms with Crippen LogP contribution in [0.1, 0.15) is 27.6 Å². The first kappa shape index (κ1) is 13.3. The number of hydrogen-bond acceptors (Lipinski definition) is 3. The molecule has 0 aliphatic carbocycles. The lowest BCUT2D eigenvalue weighted by molar-refractivity contribution is 0.586. The molecule has 17 heavy (non-hydrogen) atoms. The molecular weight excluding hydrogens is 314 g/mol. The first-order valence-corrected chi connectivity index (χ1v) is 8.11. The second-order valence-corrected chi connectivity index (χ2v) is 7.95. The minimum Gasteiger partial charge on any atom is -0.309 e. The van der Waals surface area contributed by atoms with Crippen molar-refractivity contribution in [3.05, 3.63) is 42.7 Å². The number of nitrogens with one attached hydrogen (secondary N) is 1. The van der Waals surface area contributed by atoms with Crippen LogP contribution in [-0.2, 0) is 6.42 Å². The molecule has 0 fully saturated rings. The molecule has 0 aromatic carbocycles. The lowest BCUT2D eigenvalue weighted by Gasteiger charge is -2.11. The molecule has 0 spiro atoms. The van der Waals surface area contributed by atoms with Gasteiger partial charge in [-0.2, -0.15) is 0 Å². The van der Waals surface area contributed by atoms with Crippen molar-refractivity contribution in [2.75, 3.05) is 6.54 Å². The summed E-state index contributed by atoms with van der Waals surface area (Å²) in [6, 6.07) is 9.17. The van der Waals surface area contributed by atoms with Crippen molar-refractivity contribution >= 4 is 38.6 Å². The molecule has 1 N–H and O–H groups in total. The Kier molecular flexibility index (Phi) is 4.79. The van der Waals surface area contributed by atoms with E-state index >= 15 is 0 Å². The van der Waals surface area contributed by atoms with E-state index in [1.54, 1.807) is 0 Å². The van der Waals surface area contributed by atoms with E-state index in [4.69, 9.17) is 0 Å². The fourth-order valence-electron chi connectivity index (χ4n) is 1.68. The molecule has 1 atom stereocenters. The van der Waals surface area contributed by atoms with Crippen LogP contribution in [0.15, 0.2) is 28.1 Å². The van der Waals surface area contributed by atoms with E-state index in [-0.39, 0.29) is 0 Å². The van der Waals surface area contributed by atoms with Gasteiger partial charge in [0.1, 0.15) is 0 Å². The van der Waals surface area contributed by atoms with Crippen molar-refractivity contribution < 1.29 is 0 Å². The third-order valence-corrected chi connectivity index (χ3v) is 5.51. The van der Waals surface area contributed by atoms with E-state index in [0.717, 1.165) is 13.0 Å². The molecule has 4 heteroatoms. The molecule has 0 saturated heterocycles. The molecule has 0 radical (unpaired) electrons. The quantitative estimate of drug-likeness (QED) is 0.832. The predicted octanol–water partition coefficient (Wildman–Crippen LogP) is 4.77. The van der Waals surface area contributed by atoms with Gasteiger partial charge in [0.25, 0.3) is 0 Å². The molecule has 2 heterocycles. The van der Waals surface area contributed by atoms with Crippen LogP contribution in [0.3, 0.4) is 0 Å². The summed E-state index contributed by atoms with van der Waals surface area (Å²) in [5.41, 5.74) is 0. The summed E-state index contributed by atoms with van der Waals surface area (Å²) in [6.07, 6.45) is 1.10. The maximum atomic E-state index is 3.57. The van der Waals surface area contributed by atoms with Crippen molar-refractivity contribution in [3.8, 4) is 0 Å². The summed E-state index contributed by atoms with van der Waals surface area (Å²) in [4.78, 5) is 4.24. The molecule has 1 unspecified atom stereocenters. The Bertz CT molecular complexity index is 475. The van der Waals surface area contributed by atoms with E-state index in [1.807, 2.05) is 22.7 Å². The molecule has 92 valence electrons. The number of hydrogen-bond donors (Lipinski definition) is 1. The first-order chi connectivity index (χ1) is 8.15. The number of halogens is 1. The summed E-state index contributed by atoms with van der Waals surface area (Å²) in [5.74, 6) is 0. The van der Waals surface area contributed by atoms with Gasteiger partial charge in [-0.3, -0.25) is 0 Å². The number of aryl methyl sites for hydroxylation is 1. The Balaban J connectivity index is 1.78. The number of thiophene rings is 2. The zero-order valence-electron chi connectivity index (χ0n) is 10.00. The lowest BCUT2D eigenvalue weighted by atomic mass is 10.2. The summed E-state index contributed by atoms with van der Waals surface area (Å²) in [7, 11) is 0. The van der Waals surface area contributed by atoms with Gasteiger partial charge in [-0.1, -0.05) is 0 Å². The van der Waals surface area contributed by atoms with Crippen LogP contribution >= 0.6 is 38.6 Å². The van der Waals surface area contributed by atoms with Gasteiger partial charge in [0.05, 0.1) is 3.79 Å². The molecule has 2 rings (SSSR count). The van der Waals surface area contributed by atoms with Gasteiger partial charge < -0.3 is 5.32 Å². The van der Waals surface area contributed by atoms with Crippen LogP contribution in [0, 0.1) is 6.92 Å². The second-order valence-electron chi connectivity index (χ2n) is 4.08. The van der Waals surface area contributed by atoms with E-state index in [0.29, 0.717) is 6.04 Å². The van der Waals surface area contributed by atoms with Crippen LogP contribution < -0.4 is 5.32 Å². The van der Waals surface area contributed by atoms with Crippen LogP contribution in [0.2, 0.25) is 0 Å². The monoisotopic (exact) mass is 329 g/mol. The largest absolute Gasteiger partial charge is 0.309 e. The van der Waals surface area contributed by atoms with E-state index in [1.165, 1.54) is 18.4 Å². The van der Waals surface area contributed by atoms with Gasteiger partial charge in [-0.25, -0.2) is 0 Å². The maximum absolute atomic E-state index is 3.57. The summed E-state index contributed by atoms with van der Waals surface area (Å²) < 4.78 is 1.22. The van der Waals surface area contributed by atoms with Crippen molar-refractivity contribution in [1.82, 2.24) is 5.32 Å². The van der Waals surface area contributed by atoms with Crippen LogP contribution in [0.4, 0.5) is 0 Å². The SMILES string of the molecule is Cc1ccc(C(C)NCCc2ccc(Br)s2)s1. The molecule has 0 aliphatic rings. The molecule has 2 aromatic rings.